The smallest absolute Gasteiger partial charge is 0.292 e. The highest BCUT2D eigenvalue weighted by molar-refractivity contribution is 5.96. The Kier molecular flexibility index (Phi) is 9.78. The molecule has 2 aromatic carbocycles. The Balaban J connectivity index is 1.17. The molecule has 0 radical (unpaired) electrons. The molecule has 2 aliphatic heterocycles. The molecule has 1 amide bonds. The van der Waals surface area contributed by atoms with Crippen molar-refractivity contribution in [2.45, 2.75) is 57.4 Å². The van der Waals surface area contributed by atoms with Gasteiger partial charge in [0.15, 0.2) is 17.3 Å². The maximum absolute atomic E-state index is 12.7. The molecule has 0 spiro atoms. The predicted molar refractivity (Wildman–Crippen MR) is 139 cm³/mol. The fourth-order valence-corrected chi connectivity index (χ4v) is 4.62. The molecule has 8 nitrogen and oxygen atoms in total. The van der Waals surface area contributed by atoms with Crippen molar-refractivity contribution in [1.29, 1.82) is 5.26 Å². The standard InChI is InChI=1S/C29H35N3O5/c30-21-37-25-12-9-23(10-13-25)26(33)5-2-1-3-6-29(34)31-24(20-32-15-4-16-32)11-7-22-8-14-27-28(19-22)36-18-17-35-27/h8-10,12-14,19,24H,1-7,11,15-18,20H2,(H,31,34)/t24-/m0/s1. The highest BCUT2D eigenvalue weighted by Crippen LogP contribution is 2.31. The van der Waals surface area contributed by atoms with E-state index >= 15 is 0 Å². The van der Waals surface area contributed by atoms with E-state index in [2.05, 4.69) is 16.3 Å². The molecule has 0 saturated carbocycles. The van der Waals surface area contributed by atoms with E-state index in [0.29, 0.717) is 37.4 Å². The van der Waals surface area contributed by atoms with Crippen molar-refractivity contribution in [2.75, 3.05) is 32.8 Å². The van der Waals surface area contributed by atoms with E-state index in [1.165, 1.54) is 12.0 Å². The molecule has 0 aliphatic carbocycles. The first-order chi connectivity index (χ1) is 18.1. The zero-order valence-corrected chi connectivity index (χ0v) is 21.2. The van der Waals surface area contributed by atoms with Gasteiger partial charge in [0.05, 0.1) is 0 Å². The SMILES string of the molecule is N#COc1ccc(C(=O)CCCCCC(=O)N[C@@H](CCc2ccc3c(c2)OCCO3)CN2CCC2)cc1. The molecule has 196 valence electrons. The van der Waals surface area contributed by atoms with Gasteiger partial charge in [0.2, 0.25) is 5.91 Å². The fourth-order valence-electron chi connectivity index (χ4n) is 4.62. The molecule has 0 aromatic heterocycles. The van der Waals surface area contributed by atoms with Gasteiger partial charge in [-0.3, -0.25) is 9.59 Å². The number of hydrogen-bond donors (Lipinski definition) is 1. The third-order valence-corrected chi connectivity index (χ3v) is 6.83. The quantitative estimate of drug-likeness (QED) is 0.232. The Morgan fingerprint density at radius 2 is 1.76 bits per heavy atom. The van der Waals surface area contributed by atoms with Crippen LogP contribution in [0.1, 0.15) is 60.9 Å². The summed E-state index contributed by atoms with van der Waals surface area (Å²) in [6.45, 7) is 4.23. The van der Waals surface area contributed by atoms with Crippen LogP contribution in [0.15, 0.2) is 42.5 Å². The number of likely N-dealkylation sites (tertiary alicyclic amines) is 1. The van der Waals surface area contributed by atoms with Gasteiger partial charge < -0.3 is 24.4 Å². The number of nitriles is 1. The van der Waals surface area contributed by atoms with E-state index in [4.69, 9.17) is 19.5 Å². The Labute approximate surface area is 218 Å². The normalized spacial score (nSPS) is 15.2. The molecule has 0 unspecified atom stereocenters. The average molecular weight is 506 g/mol. The monoisotopic (exact) mass is 505 g/mol. The summed E-state index contributed by atoms with van der Waals surface area (Å²) in [5, 5.41) is 11.8. The van der Waals surface area contributed by atoms with E-state index in [1.54, 1.807) is 30.5 Å². The molecule has 1 atom stereocenters. The predicted octanol–water partition coefficient (Wildman–Crippen LogP) is 4.27. The van der Waals surface area contributed by atoms with E-state index in [9.17, 15) is 9.59 Å². The number of hydrogen-bond acceptors (Lipinski definition) is 7. The topological polar surface area (TPSA) is 101 Å². The van der Waals surface area contributed by atoms with Crippen molar-refractivity contribution in [3.05, 3.63) is 53.6 Å². The molecule has 2 aromatic rings. The lowest BCUT2D eigenvalue weighted by Crippen LogP contribution is -2.48. The van der Waals surface area contributed by atoms with Crippen LogP contribution in [0.3, 0.4) is 0 Å². The first-order valence-corrected chi connectivity index (χ1v) is 13.2. The Hall–Kier alpha value is -3.57. The van der Waals surface area contributed by atoms with E-state index in [0.717, 1.165) is 63.2 Å². The van der Waals surface area contributed by atoms with Crippen molar-refractivity contribution < 1.29 is 23.8 Å². The van der Waals surface area contributed by atoms with Gasteiger partial charge >= 0.3 is 0 Å². The second kappa shape index (κ2) is 13.7. The molecule has 2 heterocycles. The number of nitrogens with zero attached hydrogens (tertiary/aromatic N) is 2. The van der Waals surface area contributed by atoms with Crippen LogP contribution in [0.4, 0.5) is 0 Å². The Morgan fingerprint density at radius 3 is 2.49 bits per heavy atom. The number of Topliss-reactive ketones (excluding diaryl/α,β-unsaturated/α-hetero) is 1. The van der Waals surface area contributed by atoms with Crippen molar-refractivity contribution >= 4 is 11.7 Å². The van der Waals surface area contributed by atoms with Gasteiger partial charge in [-0.05, 0) is 87.2 Å². The summed E-state index contributed by atoms with van der Waals surface area (Å²) in [5.41, 5.74) is 1.79. The van der Waals surface area contributed by atoms with Crippen molar-refractivity contribution in [1.82, 2.24) is 10.2 Å². The van der Waals surface area contributed by atoms with Crippen LogP contribution in [-0.4, -0.2) is 55.5 Å². The molecule has 2 aliphatic rings. The summed E-state index contributed by atoms with van der Waals surface area (Å²) >= 11 is 0. The summed E-state index contributed by atoms with van der Waals surface area (Å²) < 4.78 is 16.1. The molecule has 0 bridgehead atoms. The van der Waals surface area contributed by atoms with Crippen LogP contribution in [-0.2, 0) is 11.2 Å². The van der Waals surface area contributed by atoms with Gasteiger partial charge in [0.1, 0.15) is 19.0 Å². The number of nitrogens with one attached hydrogen (secondary N) is 1. The van der Waals surface area contributed by atoms with Crippen LogP contribution < -0.4 is 19.5 Å². The number of ether oxygens (including phenoxy) is 3. The lowest BCUT2D eigenvalue weighted by molar-refractivity contribution is -0.122. The second-order valence-electron chi connectivity index (χ2n) is 9.64. The first kappa shape index (κ1) is 26.5. The molecular weight excluding hydrogens is 470 g/mol. The third-order valence-electron chi connectivity index (χ3n) is 6.83. The van der Waals surface area contributed by atoms with E-state index in [1.807, 2.05) is 12.1 Å². The summed E-state index contributed by atoms with van der Waals surface area (Å²) in [5.74, 6) is 2.15. The number of carbonyl (C=O) groups excluding carboxylic acids is 2. The fraction of sp³-hybridized carbons (Fsp3) is 0.483. The third kappa shape index (κ3) is 8.22. The van der Waals surface area contributed by atoms with E-state index < -0.39 is 0 Å². The molecule has 1 N–H and O–H groups in total. The van der Waals surface area contributed by atoms with Crippen molar-refractivity contribution in [3.63, 3.8) is 0 Å². The summed E-state index contributed by atoms with van der Waals surface area (Å²) in [6.07, 6.45) is 7.79. The lowest BCUT2D eigenvalue weighted by atomic mass is 10.0. The van der Waals surface area contributed by atoms with Gasteiger partial charge in [0.25, 0.3) is 6.26 Å². The van der Waals surface area contributed by atoms with Gasteiger partial charge in [0, 0.05) is 31.0 Å². The second-order valence-corrected chi connectivity index (χ2v) is 9.64. The van der Waals surface area contributed by atoms with Gasteiger partial charge in [-0.25, -0.2) is 0 Å². The molecular formula is C29H35N3O5. The number of unbranched alkanes of at least 4 members (excludes halogenated alkanes) is 2. The minimum atomic E-state index is 0.0571. The average Bonchev–Trinajstić information content (AvgIpc) is 2.89. The lowest BCUT2D eigenvalue weighted by Gasteiger charge is -2.34. The molecule has 37 heavy (non-hydrogen) atoms. The largest absolute Gasteiger partial charge is 0.486 e. The number of amides is 1. The zero-order valence-electron chi connectivity index (χ0n) is 21.2. The number of rotatable bonds is 14. The molecule has 1 saturated heterocycles. The van der Waals surface area contributed by atoms with Gasteiger partial charge in [-0.2, -0.15) is 0 Å². The minimum absolute atomic E-state index is 0.0571. The van der Waals surface area contributed by atoms with Crippen molar-refractivity contribution in [2.24, 2.45) is 0 Å². The maximum Gasteiger partial charge on any atom is 0.292 e. The van der Waals surface area contributed by atoms with E-state index in [-0.39, 0.29) is 17.7 Å². The maximum atomic E-state index is 12.7. The Morgan fingerprint density at radius 1 is 1.00 bits per heavy atom. The van der Waals surface area contributed by atoms with Crippen LogP contribution in [0, 0.1) is 11.5 Å². The van der Waals surface area contributed by atoms with Crippen LogP contribution in [0.5, 0.6) is 17.2 Å². The van der Waals surface area contributed by atoms with Gasteiger partial charge in [-0.1, -0.05) is 12.5 Å². The molecule has 4 rings (SSSR count). The number of carbonyl (C=O) groups is 2. The number of aryl methyl sites for hydroxylation is 1. The molecule has 8 heteroatoms. The minimum Gasteiger partial charge on any atom is -0.486 e. The highest BCUT2D eigenvalue weighted by atomic mass is 16.6. The number of benzene rings is 2. The van der Waals surface area contributed by atoms with Crippen LogP contribution in [0.2, 0.25) is 0 Å². The summed E-state index contributed by atoms with van der Waals surface area (Å²) in [6, 6.07) is 12.8. The Bertz CT molecular complexity index is 1090. The summed E-state index contributed by atoms with van der Waals surface area (Å²) in [4.78, 5) is 27.4. The zero-order chi connectivity index (χ0) is 25.9. The summed E-state index contributed by atoms with van der Waals surface area (Å²) in [7, 11) is 0. The number of ketones is 1. The highest BCUT2D eigenvalue weighted by Gasteiger charge is 2.21. The van der Waals surface area contributed by atoms with Crippen LogP contribution >= 0.6 is 0 Å². The first-order valence-electron chi connectivity index (χ1n) is 13.2. The van der Waals surface area contributed by atoms with Gasteiger partial charge in [-0.15, -0.1) is 5.26 Å². The van der Waals surface area contributed by atoms with Crippen LogP contribution in [0.25, 0.3) is 0 Å². The molecule has 1 fully saturated rings. The van der Waals surface area contributed by atoms with Crippen molar-refractivity contribution in [3.8, 4) is 23.5 Å². The number of fused-ring (bicyclic) bond motifs is 1.